The van der Waals surface area contributed by atoms with Crippen molar-refractivity contribution in [2.24, 2.45) is 9.81 Å². The lowest BCUT2D eigenvalue weighted by molar-refractivity contribution is 0.376. The highest BCUT2D eigenvalue weighted by Gasteiger charge is 2.46. The third kappa shape index (κ3) is 3.64. The van der Waals surface area contributed by atoms with Gasteiger partial charge in [-0.15, -0.1) is 0 Å². The number of halogens is 1. The van der Waals surface area contributed by atoms with Crippen LogP contribution >= 0.6 is 15.9 Å². The number of rotatable bonds is 1. The first-order valence-electron chi connectivity index (χ1n) is 9.65. The SMILES string of the molecule is CC(C)(C)[S+]([O-])N=C1c2cc(Br)ccc2CC12CCc1ccccc1CC2. The largest absolute Gasteiger partial charge is 0.591 e. The highest BCUT2D eigenvalue weighted by Crippen LogP contribution is 2.47. The van der Waals surface area contributed by atoms with Gasteiger partial charge in [-0.25, -0.2) is 0 Å². The van der Waals surface area contributed by atoms with Gasteiger partial charge in [0.1, 0.15) is 21.8 Å². The van der Waals surface area contributed by atoms with Gasteiger partial charge < -0.3 is 4.55 Å². The Bertz CT molecular complexity index is 872. The molecule has 0 saturated carbocycles. The predicted molar refractivity (Wildman–Crippen MR) is 118 cm³/mol. The standard InChI is InChI=1S/C23H26BrNOS/c1-22(2,3)27(26)25-21-20-14-19(24)9-8-18(20)15-23(21)12-10-16-6-4-5-7-17(16)11-13-23/h4-9,14H,10-13,15H2,1-3H3. The molecule has 0 bridgehead atoms. The molecule has 1 atom stereocenters. The number of fused-ring (bicyclic) bond motifs is 2. The summed E-state index contributed by atoms with van der Waals surface area (Å²) in [4.78, 5) is 0. The van der Waals surface area contributed by atoms with Crippen LogP contribution in [-0.2, 0) is 30.6 Å². The van der Waals surface area contributed by atoms with Crippen LogP contribution in [0.3, 0.4) is 0 Å². The minimum Gasteiger partial charge on any atom is -0.591 e. The fourth-order valence-electron chi connectivity index (χ4n) is 4.35. The third-order valence-corrected chi connectivity index (χ3v) is 7.81. The van der Waals surface area contributed by atoms with Crippen LogP contribution in [0.1, 0.15) is 55.9 Å². The van der Waals surface area contributed by atoms with E-state index in [4.69, 9.17) is 4.40 Å². The molecule has 0 heterocycles. The summed E-state index contributed by atoms with van der Waals surface area (Å²) in [5.41, 5.74) is 6.51. The van der Waals surface area contributed by atoms with Crippen molar-refractivity contribution in [3.05, 3.63) is 69.2 Å². The van der Waals surface area contributed by atoms with Gasteiger partial charge in [-0.1, -0.05) is 50.7 Å². The zero-order valence-corrected chi connectivity index (χ0v) is 18.6. The lowest BCUT2D eigenvalue weighted by Crippen LogP contribution is -2.33. The molecule has 0 N–H and O–H groups in total. The van der Waals surface area contributed by atoms with E-state index in [1.807, 2.05) is 20.8 Å². The minimum absolute atomic E-state index is 0.0109. The maximum atomic E-state index is 13.0. The second-order valence-corrected chi connectivity index (χ2v) is 11.7. The van der Waals surface area contributed by atoms with E-state index in [0.717, 1.165) is 42.3 Å². The van der Waals surface area contributed by atoms with Gasteiger partial charge in [-0.05, 0) is 81.7 Å². The quantitative estimate of drug-likeness (QED) is 0.511. The summed E-state index contributed by atoms with van der Waals surface area (Å²) < 4.78 is 18.5. The van der Waals surface area contributed by atoms with Gasteiger partial charge in [0.2, 0.25) is 0 Å². The summed E-state index contributed by atoms with van der Waals surface area (Å²) in [6, 6.07) is 15.3. The molecule has 0 fully saturated rings. The summed E-state index contributed by atoms with van der Waals surface area (Å²) in [5.74, 6) is 0. The molecule has 27 heavy (non-hydrogen) atoms. The molecule has 2 aromatic rings. The first kappa shape index (κ1) is 19.2. The average molecular weight is 444 g/mol. The van der Waals surface area contributed by atoms with Crippen molar-refractivity contribution in [2.45, 2.75) is 57.6 Å². The lowest BCUT2D eigenvalue weighted by atomic mass is 9.76. The number of aryl methyl sites for hydroxylation is 2. The molecule has 2 nitrogen and oxygen atoms in total. The molecule has 2 aromatic carbocycles. The second-order valence-electron chi connectivity index (χ2n) is 8.83. The molecule has 0 amide bonds. The highest BCUT2D eigenvalue weighted by molar-refractivity contribution is 9.10. The van der Waals surface area contributed by atoms with Crippen molar-refractivity contribution < 1.29 is 4.55 Å². The highest BCUT2D eigenvalue weighted by atomic mass is 79.9. The van der Waals surface area contributed by atoms with E-state index in [-0.39, 0.29) is 10.2 Å². The van der Waals surface area contributed by atoms with Gasteiger partial charge in [0.25, 0.3) is 0 Å². The van der Waals surface area contributed by atoms with Crippen molar-refractivity contribution in [1.82, 2.24) is 0 Å². The van der Waals surface area contributed by atoms with Crippen LogP contribution in [0.2, 0.25) is 0 Å². The van der Waals surface area contributed by atoms with E-state index in [0.29, 0.717) is 0 Å². The van der Waals surface area contributed by atoms with E-state index in [2.05, 4.69) is 58.4 Å². The molecule has 0 radical (unpaired) electrons. The first-order valence-corrected chi connectivity index (χ1v) is 11.6. The molecule has 1 unspecified atom stereocenters. The van der Waals surface area contributed by atoms with E-state index in [1.165, 1.54) is 22.3 Å². The Morgan fingerprint density at radius 2 is 1.63 bits per heavy atom. The summed E-state index contributed by atoms with van der Waals surface area (Å²) in [6.07, 6.45) is 5.26. The molecule has 1 spiro atoms. The molecule has 2 aliphatic rings. The monoisotopic (exact) mass is 443 g/mol. The van der Waals surface area contributed by atoms with Crippen LogP contribution in [0.5, 0.6) is 0 Å². The Morgan fingerprint density at radius 3 is 2.22 bits per heavy atom. The summed E-state index contributed by atoms with van der Waals surface area (Å²) in [5, 5.41) is 0. The number of hydrogen-bond acceptors (Lipinski definition) is 2. The summed E-state index contributed by atoms with van der Waals surface area (Å²) in [6.45, 7) is 6.00. The molecule has 2 aliphatic carbocycles. The van der Waals surface area contributed by atoms with Crippen LogP contribution in [0.15, 0.2) is 51.3 Å². The van der Waals surface area contributed by atoms with Gasteiger partial charge in [-0.2, -0.15) is 0 Å². The molecule has 0 aliphatic heterocycles. The molecular weight excluding hydrogens is 418 g/mol. The Morgan fingerprint density at radius 1 is 1.00 bits per heavy atom. The normalized spacial score (nSPS) is 21.0. The third-order valence-electron chi connectivity index (χ3n) is 5.92. The molecule has 4 rings (SSSR count). The molecule has 0 aromatic heterocycles. The van der Waals surface area contributed by atoms with Crippen molar-refractivity contribution in [2.75, 3.05) is 0 Å². The van der Waals surface area contributed by atoms with E-state index >= 15 is 0 Å². The molecule has 4 heteroatoms. The van der Waals surface area contributed by atoms with Gasteiger partial charge in [-0.3, -0.25) is 0 Å². The van der Waals surface area contributed by atoms with Crippen molar-refractivity contribution in [3.8, 4) is 0 Å². The Hall–Kier alpha value is -1.10. The Balaban J connectivity index is 1.79. The molecule has 0 saturated heterocycles. The zero-order chi connectivity index (χ0) is 19.2. The van der Waals surface area contributed by atoms with Crippen LogP contribution < -0.4 is 0 Å². The van der Waals surface area contributed by atoms with Crippen LogP contribution in [0, 0.1) is 5.41 Å². The molecule has 142 valence electrons. The maximum absolute atomic E-state index is 13.0. The zero-order valence-electron chi connectivity index (χ0n) is 16.2. The number of hydrogen-bond donors (Lipinski definition) is 0. The van der Waals surface area contributed by atoms with E-state index in [9.17, 15) is 4.55 Å². The minimum atomic E-state index is -1.25. The maximum Gasteiger partial charge on any atom is 0.144 e. The fraction of sp³-hybridized carbons (Fsp3) is 0.435. The van der Waals surface area contributed by atoms with E-state index < -0.39 is 11.4 Å². The van der Waals surface area contributed by atoms with E-state index in [1.54, 1.807) is 0 Å². The number of nitrogens with zero attached hydrogens (tertiary/aromatic N) is 1. The lowest BCUT2D eigenvalue weighted by Gasteiger charge is -2.29. The Kier molecular flexibility index (Phi) is 5.02. The second kappa shape index (κ2) is 7.06. The summed E-state index contributed by atoms with van der Waals surface area (Å²) in [7, 11) is 0. The fourth-order valence-corrected chi connectivity index (χ4v) is 5.45. The summed E-state index contributed by atoms with van der Waals surface area (Å²) >= 11 is 2.37. The van der Waals surface area contributed by atoms with Gasteiger partial charge in [0, 0.05) is 15.5 Å². The molecular formula is C23H26BrNOS. The predicted octanol–water partition coefficient (Wildman–Crippen LogP) is 5.82. The first-order chi connectivity index (χ1) is 12.8. The number of benzene rings is 2. The van der Waals surface area contributed by atoms with Crippen molar-refractivity contribution in [1.29, 1.82) is 0 Å². The average Bonchev–Trinajstić information content (AvgIpc) is 2.78. The van der Waals surface area contributed by atoms with Crippen molar-refractivity contribution >= 4 is 33.0 Å². The topological polar surface area (TPSA) is 35.4 Å². The smallest absolute Gasteiger partial charge is 0.144 e. The van der Waals surface area contributed by atoms with Crippen LogP contribution in [0.25, 0.3) is 0 Å². The van der Waals surface area contributed by atoms with Crippen LogP contribution in [-0.4, -0.2) is 15.0 Å². The van der Waals surface area contributed by atoms with Gasteiger partial charge in [0.05, 0.1) is 0 Å². The Labute approximate surface area is 173 Å². The van der Waals surface area contributed by atoms with Crippen molar-refractivity contribution in [3.63, 3.8) is 0 Å². The van der Waals surface area contributed by atoms with Gasteiger partial charge in [0.15, 0.2) is 0 Å². The van der Waals surface area contributed by atoms with Gasteiger partial charge >= 0.3 is 0 Å². The van der Waals surface area contributed by atoms with Crippen LogP contribution in [0.4, 0.5) is 0 Å².